The van der Waals surface area contributed by atoms with Gasteiger partial charge in [-0.05, 0) is 32.4 Å². The largest absolute Gasteiger partial charge is 0.352 e. The fourth-order valence-electron chi connectivity index (χ4n) is 2.77. The Morgan fingerprint density at radius 3 is 2.63 bits per heavy atom. The van der Waals surface area contributed by atoms with Crippen molar-refractivity contribution in [2.24, 2.45) is 0 Å². The zero-order chi connectivity index (χ0) is 19.4. The first-order valence-electron chi connectivity index (χ1n) is 8.78. The molecule has 0 aliphatic carbocycles. The van der Waals surface area contributed by atoms with Gasteiger partial charge in [0.25, 0.3) is 5.56 Å². The number of aryl methyl sites for hydroxylation is 4. The van der Waals surface area contributed by atoms with Gasteiger partial charge in [0.05, 0.1) is 0 Å². The number of nitrogens with zero attached hydrogens (tertiary/aromatic N) is 2. The standard InChI is InChI=1S/C20H22N4O3/c1-12-4-6-15(7-5-12)19-23-18(27-24-19)9-8-17(25)21-11-16-13(2)10-14(3)22-20(16)26/h4-7,10H,8-9,11H2,1-3H3,(H,21,25)(H,22,26). The number of rotatable bonds is 6. The summed E-state index contributed by atoms with van der Waals surface area (Å²) >= 11 is 0. The van der Waals surface area contributed by atoms with E-state index in [0.29, 0.717) is 23.7 Å². The monoisotopic (exact) mass is 366 g/mol. The van der Waals surface area contributed by atoms with E-state index in [1.165, 1.54) is 0 Å². The minimum atomic E-state index is -0.176. The average Bonchev–Trinajstić information content (AvgIpc) is 3.08. The van der Waals surface area contributed by atoms with Crippen molar-refractivity contribution in [3.8, 4) is 11.4 Å². The Bertz CT molecular complexity index is 1000. The Labute approximate surface area is 156 Å². The van der Waals surface area contributed by atoms with Crippen molar-refractivity contribution < 1.29 is 9.32 Å². The fourth-order valence-corrected chi connectivity index (χ4v) is 2.77. The second kappa shape index (κ2) is 7.99. The van der Waals surface area contributed by atoms with E-state index in [9.17, 15) is 9.59 Å². The lowest BCUT2D eigenvalue weighted by Crippen LogP contribution is -2.28. The van der Waals surface area contributed by atoms with Gasteiger partial charge >= 0.3 is 0 Å². The number of H-pyrrole nitrogens is 1. The van der Waals surface area contributed by atoms with Gasteiger partial charge in [-0.2, -0.15) is 4.98 Å². The lowest BCUT2D eigenvalue weighted by Gasteiger charge is -2.07. The van der Waals surface area contributed by atoms with Crippen molar-refractivity contribution in [2.45, 2.75) is 40.2 Å². The molecule has 0 radical (unpaired) electrons. The van der Waals surface area contributed by atoms with E-state index in [0.717, 1.165) is 22.4 Å². The van der Waals surface area contributed by atoms with Gasteiger partial charge in [-0.25, -0.2) is 0 Å². The maximum atomic E-state index is 12.1. The Kier molecular flexibility index (Phi) is 5.49. The molecular weight excluding hydrogens is 344 g/mol. The van der Waals surface area contributed by atoms with Crippen molar-refractivity contribution in [3.05, 3.63) is 69.0 Å². The van der Waals surface area contributed by atoms with E-state index in [1.807, 2.05) is 51.1 Å². The molecule has 1 amide bonds. The van der Waals surface area contributed by atoms with Crippen LogP contribution in [0.4, 0.5) is 0 Å². The highest BCUT2D eigenvalue weighted by Gasteiger charge is 2.12. The first-order chi connectivity index (χ1) is 12.9. The molecule has 3 rings (SSSR count). The molecule has 7 nitrogen and oxygen atoms in total. The Balaban J connectivity index is 1.54. The number of aromatic nitrogens is 3. The van der Waals surface area contributed by atoms with Gasteiger partial charge in [0.2, 0.25) is 17.6 Å². The van der Waals surface area contributed by atoms with Gasteiger partial charge in [-0.3, -0.25) is 9.59 Å². The zero-order valence-electron chi connectivity index (χ0n) is 15.6. The van der Waals surface area contributed by atoms with E-state index in [4.69, 9.17) is 4.52 Å². The van der Waals surface area contributed by atoms with Crippen molar-refractivity contribution in [1.82, 2.24) is 20.4 Å². The van der Waals surface area contributed by atoms with E-state index in [-0.39, 0.29) is 24.4 Å². The van der Waals surface area contributed by atoms with Crippen molar-refractivity contribution in [2.75, 3.05) is 0 Å². The molecule has 2 aromatic heterocycles. The summed E-state index contributed by atoms with van der Waals surface area (Å²) in [5.74, 6) is 0.738. The summed E-state index contributed by atoms with van der Waals surface area (Å²) in [4.78, 5) is 31.1. The zero-order valence-corrected chi connectivity index (χ0v) is 15.6. The fraction of sp³-hybridized carbons (Fsp3) is 0.300. The molecule has 0 fully saturated rings. The van der Waals surface area contributed by atoms with Crippen LogP contribution >= 0.6 is 0 Å². The predicted octanol–water partition coefficient (Wildman–Crippen LogP) is 2.60. The van der Waals surface area contributed by atoms with Gasteiger partial charge in [-0.15, -0.1) is 0 Å². The highest BCUT2D eigenvalue weighted by Crippen LogP contribution is 2.16. The molecule has 2 N–H and O–H groups in total. The summed E-state index contributed by atoms with van der Waals surface area (Å²) < 4.78 is 5.22. The number of hydrogen-bond donors (Lipinski definition) is 2. The third-order valence-corrected chi connectivity index (χ3v) is 4.30. The lowest BCUT2D eigenvalue weighted by molar-refractivity contribution is -0.121. The van der Waals surface area contributed by atoms with Crippen LogP contribution in [0.3, 0.4) is 0 Å². The summed E-state index contributed by atoms with van der Waals surface area (Å²) in [5, 5.41) is 6.72. The topological polar surface area (TPSA) is 101 Å². The molecule has 0 bridgehead atoms. The van der Waals surface area contributed by atoms with Gasteiger partial charge in [0.1, 0.15) is 0 Å². The molecule has 0 spiro atoms. The number of amides is 1. The molecule has 0 saturated carbocycles. The summed E-state index contributed by atoms with van der Waals surface area (Å²) in [6.45, 7) is 5.88. The van der Waals surface area contributed by atoms with Crippen LogP contribution in [0, 0.1) is 20.8 Å². The Morgan fingerprint density at radius 2 is 1.93 bits per heavy atom. The first kappa shape index (κ1) is 18.6. The number of hydrogen-bond acceptors (Lipinski definition) is 5. The average molecular weight is 366 g/mol. The number of nitrogens with one attached hydrogen (secondary N) is 2. The quantitative estimate of drug-likeness (QED) is 0.698. The SMILES string of the molecule is Cc1ccc(-c2noc(CCC(=O)NCc3c(C)cc(C)[nH]c3=O)n2)cc1. The van der Waals surface area contributed by atoms with Crippen LogP contribution in [0.25, 0.3) is 11.4 Å². The second-order valence-corrected chi connectivity index (χ2v) is 6.60. The molecule has 7 heteroatoms. The summed E-state index contributed by atoms with van der Waals surface area (Å²) in [6, 6.07) is 9.70. The van der Waals surface area contributed by atoms with Gasteiger partial charge in [0, 0.05) is 36.2 Å². The van der Waals surface area contributed by atoms with Crippen LogP contribution in [-0.2, 0) is 17.8 Å². The van der Waals surface area contributed by atoms with Crippen LogP contribution < -0.4 is 10.9 Å². The third-order valence-electron chi connectivity index (χ3n) is 4.30. The lowest BCUT2D eigenvalue weighted by atomic mass is 10.1. The van der Waals surface area contributed by atoms with Crippen molar-refractivity contribution in [1.29, 1.82) is 0 Å². The number of carbonyl (C=O) groups excluding carboxylic acids is 1. The summed E-state index contributed by atoms with van der Waals surface area (Å²) in [5.41, 5.74) is 4.07. The van der Waals surface area contributed by atoms with Crippen LogP contribution in [0.1, 0.15) is 34.7 Å². The highest BCUT2D eigenvalue weighted by atomic mass is 16.5. The smallest absolute Gasteiger partial charge is 0.253 e. The number of carbonyl (C=O) groups is 1. The molecule has 0 saturated heterocycles. The van der Waals surface area contributed by atoms with Crippen molar-refractivity contribution in [3.63, 3.8) is 0 Å². The molecule has 3 aromatic rings. The van der Waals surface area contributed by atoms with E-state index in [2.05, 4.69) is 20.4 Å². The molecular formula is C20H22N4O3. The summed E-state index contributed by atoms with van der Waals surface area (Å²) in [7, 11) is 0. The summed E-state index contributed by atoms with van der Waals surface area (Å²) in [6.07, 6.45) is 0.548. The Morgan fingerprint density at radius 1 is 1.19 bits per heavy atom. The van der Waals surface area contributed by atoms with Crippen LogP contribution in [0.15, 0.2) is 39.6 Å². The molecule has 140 valence electrons. The normalized spacial score (nSPS) is 10.8. The van der Waals surface area contributed by atoms with Crippen LogP contribution in [-0.4, -0.2) is 21.0 Å². The van der Waals surface area contributed by atoms with E-state index < -0.39 is 0 Å². The number of pyridine rings is 1. The van der Waals surface area contributed by atoms with Crippen molar-refractivity contribution >= 4 is 5.91 Å². The highest BCUT2D eigenvalue weighted by molar-refractivity contribution is 5.76. The third kappa shape index (κ3) is 4.69. The molecule has 27 heavy (non-hydrogen) atoms. The van der Waals surface area contributed by atoms with Gasteiger partial charge in [-0.1, -0.05) is 35.0 Å². The molecule has 0 atom stereocenters. The molecule has 0 aliphatic rings. The Hall–Kier alpha value is -3.22. The molecule has 1 aromatic carbocycles. The number of benzene rings is 1. The van der Waals surface area contributed by atoms with Gasteiger partial charge in [0.15, 0.2) is 0 Å². The van der Waals surface area contributed by atoms with Gasteiger partial charge < -0.3 is 14.8 Å². The predicted molar refractivity (Wildman–Crippen MR) is 101 cm³/mol. The van der Waals surface area contributed by atoms with Crippen LogP contribution in [0.2, 0.25) is 0 Å². The second-order valence-electron chi connectivity index (χ2n) is 6.60. The molecule has 0 unspecified atom stereocenters. The molecule has 2 heterocycles. The minimum Gasteiger partial charge on any atom is -0.352 e. The van der Waals surface area contributed by atoms with E-state index in [1.54, 1.807) is 0 Å². The maximum absolute atomic E-state index is 12.1. The van der Waals surface area contributed by atoms with E-state index >= 15 is 0 Å². The first-order valence-corrected chi connectivity index (χ1v) is 8.78. The minimum absolute atomic E-state index is 0.174. The number of aromatic amines is 1. The molecule has 0 aliphatic heterocycles. The van der Waals surface area contributed by atoms with Crippen LogP contribution in [0.5, 0.6) is 0 Å². The maximum Gasteiger partial charge on any atom is 0.253 e.